The normalized spacial score (nSPS) is 24.9. The maximum atomic E-state index is 10.6. The van der Waals surface area contributed by atoms with Gasteiger partial charge in [-0.3, -0.25) is 0 Å². The molecule has 166 valence electrons. The lowest BCUT2D eigenvalue weighted by Gasteiger charge is -2.45. The van der Waals surface area contributed by atoms with Crippen LogP contribution in [0.3, 0.4) is 0 Å². The number of ether oxygens (including phenoxy) is 3. The molecular formula is C25H42O4. The lowest BCUT2D eigenvalue weighted by molar-refractivity contribution is -0.249. The van der Waals surface area contributed by atoms with Crippen molar-refractivity contribution >= 4 is 0 Å². The summed E-state index contributed by atoms with van der Waals surface area (Å²) in [7, 11) is 4.82. The molecule has 0 aromatic heterocycles. The van der Waals surface area contributed by atoms with E-state index in [1.54, 1.807) is 27.4 Å². The third-order valence-electron chi connectivity index (χ3n) is 6.03. The molecule has 0 spiro atoms. The van der Waals surface area contributed by atoms with Crippen LogP contribution in [0, 0.1) is 11.8 Å². The summed E-state index contributed by atoms with van der Waals surface area (Å²) in [5.41, 5.74) is 4.18. The number of hydrogen-bond donors (Lipinski definition) is 1. The van der Waals surface area contributed by atoms with E-state index in [9.17, 15) is 5.11 Å². The Morgan fingerprint density at radius 2 is 1.52 bits per heavy atom. The van der Waals surface area contributed by atoms with E-state index in [1.807, 2.05) is 0 Å². The molecule has 29 heavy (non-hydrogen) atoms. The molecule has 0 fully saturated rings. The average Bonchev–Trinajstić information content (AvgIpc) is 2.67. The molecule has 0 saturated carbocycles. The Kier molecular flexibility index (Phi) is 10.9. The van der Waals surface area contributed by atoms with Crippen molar-refractivity contribution in [3.8, 4) is 0 Å². The number of rotatable bonds is 11. The van der Waals surface area contributed by atoms with Crippen molar-refractivity contribution in [3.05, 3.63) is 46.8 Å². The molecule has 0 radical (unpaired) electrons. The van der Waals surface area contributed by atoms with Crippen LogP contribution in [0.2, 0.25) is 0 Å². The SMILES string of the molecule is COC1=CC(O)C(C/C=C(\C)CC/C=C(\C)CCC=C(C)C)C(C)C1(OC)OC. The predicted octanol–water partition coefficient (Wildman–Crippen LogP) is 5.94. The highest BCUT2D eigenvalue weighted by Crippen LogP contribution is 2.43. The Balaban J connectivity index is 2.69. The molecule has 1 aliphatic rings. The average molecular weight is 407 g/mol. The zero-order chi connectivity index (χ0) is 22.0. The first-order chi connectivity index (χ1) is 13.7. The molecule has 3 atom stereocenters. The van der Waals surface area contributed by atoms with E-state index >= 15 is 0 Å². The van der Waals surface area contributed by atoms with E-state index in [0.717, 1.165) is 32.1 Å². The predicted molar refractivity (Wildman–Crippen MR) is 121 cm³/mol. The highest BCUT2D eigenvalue weighted by molar-refractivity contribution is 5.19. The summed E-state index contributed by atoms with van der Waals surface area (Å²) in [6, 6.07) is 0. The smallest absolute Gasteiger partial charge is 0.229 e. The topological polar surface area (TPSA) is 47.9 Å². The number of hydrogen-bond acceptors (Lipinski definition) is 4. The minimum absolute atomic E-state index is 0.00472. The Morgan fingerprint density at radius 3 is 2.03 bits per heavy atom. The monoisotopic (exact) mass is 406 g/mol. The second-order valence-corrected chi connectivity index (χ2v) is 8.45. The van der Waals surface area contributed by atoms with Crippen molar-refractivity contribution in [3.63, 3.8) is 0 Å². The summed E-state index contributed by atoms with van der Waals surface area (Å²) < 4.78 is 16.9. The van der Waals surface area contributed by atoms with Gasteiger partial charge in [-0.25, -0.2) is 0 Å². The fourth-order valence-electron chi connectivity index (χ4n) is 4.08. The number of aliphatic hydroxyl groups excluding tert-OH is 1. The lowest BCUT2D eigenvalue weighted by atomic mass is 9.75. The Hall–Kier alpha value is -1.36. The van der Waals surface area contributed by atoms with Gasteiger partial charge in [0.05, 0.1) is 13.2 Å². The summed E-state index contributed by atoms with van der Waals surface area (Å²) in [5.74, 6) is -0.460. The summed E-state index contributed by atoms with van der Waals surface area (Å²) in [6.45, 7) is 10.7. The third kappa shape index (κ3) is 7.13. The molecule has 3 unspecified atom stereocenters. The first-order valence-electron chi connectivity index (χ1n) is 10.7. The molecule has 1 aliphatic carbocycles. The van der Waals surface area contributed by atoms with Gasteiger partial charge in [0, 0.05) is 26.1 Å². The van der Waals surface area contributed by atoms with Crippen molar-refractivity contribution in [1.82, 2.24) is 0 Å². The molecule has 1 rings (SSSR count). The van der Waals surface area contributed by atoms with Crippen LogP contribution in [-0.2, 0) is 14.2 Å². The minimum atomic E-state index is -0.953. The van der Waals surface area contributed by atoms with Gasteiger partial charge in [0.2, 0.25) is 5.79 Å². The van der Waals surface area contributed by atoms with Crippen LogP contribution in [0.1, 0.15) is 66.7 Å². The number of methoxy groups -OCH3 is 3. The molecule has 4 nitrogen and oxygen atoms in total. The highest BCUT2D eigenvalue weighted by Gasteiger charge is 2.50. The molecular weight excluding hydrogens is 364 g/mol. The zero-order valence-corrected chi connectivity index (χ0v) is 19.7. The molecule has 0 amide bonds. The maximum Gasteiger partial charge on any atom is 0.229 e. The van der Waals surface area contributed by atoms with Crippen LogP contribution in [0.15, 0.2) is 46.8 Å². The highest BCUT2D eigenvalue weighted by atomic mass is 16.7. The van der Waals surface area contributed by atoms with E-state index in [1.165, 1.54) is 16.7 Å². The van der Waals surface area contributed by atoms with E-state index in [-0.39, 0.29) is 11.8 Å². The Bertz CT molecular complexity index is 619. The van der Waals surface area contributed by atoms with Crippen molar-refractivity contribution in [2.24, 2.45) is 11.8 Å². The van der Waals surface area contributed by atoms with Crippen LogP contribution in [0.4, 0.5) is 0 Å². The first-order valence-corrected chi connectivity index (χ1v) is 10.7. The second-order valence-electron chi connectivity index (χ2n) is 8.45. The Labute approximate surface area is 178 Å². The molecule has 0 aliphatic heterocycles. The van der Waals surface area contributed by atoms with Gasteiger partial charge in [-0.1, -0.05) is 41.9 Å². The van der Waals surface area contributed by atoms with Gasteiger partial charge < -0.3 is 19.3 Å². The standard InChI is InChI=1S/C25H42O4/c1-18(2)11-9-12-19(3)13-10-14-20(4)15-16-22-21(5)25(28-7,29-8)24(27-6)17-23(22)26/h11,13,15,17,21-23,26H,9-10,12,14,16H2,1-8H3/b19-13+,20-15+. The Morgan fingerprint density at radius 1 is 0.966 bits per heavy atom. The largest absolute Gasteiger partial charge is 0.496 e. The van der Waals surface area contributed by atoms with Gasteiger partial charge >= 0.3 is 0 Å². The van der Waals surface area contributed by atoms with Gasteiger partial charge in [-0.2, -0.15) is 0 Å². The summed E-state index contributed by atoms with van der Waals surface area (Å²) in [6.07, 6.45) is 13.1. The van der Waals surface area contributed by atoms with Crippen LogP contribution in [-0.4, -0.2) is 38.3 Å². The molecule has 1 N–H and O–H groups in total. The molecule has 0 aromatic rings. The van der Waals surface area contributed by atoms with E-state index in [0.29, 0.717) is 5.76 Å². The summed E-state index contributed by atoms with van der Waals surface area (Å²) in [4.78, 5) is 0. The van der Waals surface area contributed by atoms with Crippen LogP contribution < -0.4 is 0 Å². The van der Waals surface area contributed by atoms with Gasteiger partial charge in [0.1, 0.15) is 0 Å². The zero-order valence-electron chi connectivity index (χ0n) is 19.7. The van der Waals surface area contributed by atoms with E-state index < -0.39 is 11.9 Å². The van der Waals surface area contributed by atoms with Gasteiger partial charge in [-0.05, 0) is 65.9 Å². The van der Waals surface area contributed by atoms with Crippen LogP contribution in [0.25, 0.3) is 0 Å². The fraction of sp³-hybridized carbons (Fsp3) is 0.680. The summed E-state index contributed by atoms with van der Waals surface area (Å²) in [5, 5.41) is 10.6. The van der Waals surface area contributed by atoms with Crippen LogP contribution >= 0.6 is 0 Å². The summed E-state index contributed by atoms with van der Waals surface area (Å²) >= 11 is 0. The third-order valence-corrected chi connectivity index (χ3v) is 6.03. The van der Waals surface area contributed by atoms with Gasteiger partial charge in [-0.15, -0.1) is 0 Å². The van der Waals surface area contributed by atoms with E-state index in [2.05, 4.69) is 52.8 Å². The van der Waals surface area contributed by atoms with Gasteiger partial charge in [0.25, 0.3) is 0 Å². The molecule has 0 aromatic carbocycles. The number of allylic oxidation sites excluding steroid dienone is 6. The van der Waals surface area contributed by atoms with Crippen molar-refractivity contribution in [2.45, 2.75) is 78.6 Å². The lowest BCUT2D eigenvalue weighted by Crippen LogP contribution is -2.52. The van der Waals surface area contributed by atoms with Crippen molar-refractivity contribution in [1.29, 1.82) is 0 Å². The van der Waals surface area contributed by atoms with Crippen LogP contribution in [0.5, 0.6) is 0 Å². The molecule has 0 bridgehead atoms. The molecule has 0 saturated heterocycles. The number of aliphatic hydroxyl groups is 1. The van der Waals surface area contributed by atoms with Gasteiger partial charge in [0.15, 0.2) is 5.76 Å². The fourth-order valence-corrected chi connectivity index (χ4v) is 4.08. The maximum absolute atomic E-state index is 10.6. The first kappa shape index (κ1) is 25.7. The second kappa shape index (κ2) is 12.4. The molecule has 0 heterocycles. The van der Waals surface area contributed by atoms with Crippen molar-refractivity contribution < 1.29 is 19.3 Å². The molecule has 4 heteroatoms. The minimum Gasteiger partial charge on any atom is -0.496 e. The van der Waals surface area contributed by atoms with E-state index in [4.69, 9.17) is 14.2 Å². The quantitative estimate of drug-likeness (QED) is 0.341. The van der Waals surface area contributed by atoms with Crippen molar-refractivity contribution in [2.75, 3.05) is 21.3 Å².